The lowest BCUT2D eigenvalue weighted by atomic mass is 10.1. The van der Waals surface area contributed by atoms with Gasteiger partial charge in [-0.3, -0.25) is 4.79 Å². The van der Waals surface area contributed by atoms with Crippen LogP contribution in [0.25, 0.3) is 0 Å². The summed E-state index contributed by atoms with van der Waals surface area (Å²) in [6, 6.07) is 5.86. The van der Waals surface area contributed by atoms with E-state index in [0.717, 1.165) is 23.5 Å². The van der Waals surface area contributed by atoms with Crippen molar-refractivity contribution in [2.45, 2.75) is 47.1 Å². The summed E-state index contributed by atoms with van der Waals surface area (Å²) in [5.74, 6) is 2.06. The van der Waals surface area contributed by atoms with E-state index in [1.54, 1.807) is 0 Å². The second kappa shape index (κ2) is 6.74. The van der Waals surface area contributed by atoms with Crippen molar-refractivity contribution in [3.8, 4) is 11.5 Å². The van der Waals surface area contributed by atoms with Gasteiger partial charge in [0.2, 0.25) is 5.91 Å². The van der Waals surface area contributed by atoms with Crippen LogP contribution in [-0.2, 0) is 4.79 Å². The molecule has 0 radical (unpaired) electrons. The maximum absolute atomic E-state index is 12.7. The first-order chi connectivity index (χ1) is 11.8. The van der Waals surface area contributed by atoms with Gasteiger partial charge in [0, 0.05) is 6.42 Å². The standard InChI is InChI=1S/C21H29NO3/c1-13(2)11-16-19(21(16,4)5)20(23)22-14(3)15-7-8-17-18(12-15)25-10-6-9-24-17/h7-8,11-12,14,16,19H,6,9-10H2,1-5H3,(H,22,23). The van der Waals surface area contributed by atoms with Crippen LogP contribution in [0.1, 0.15) is 52.6 Å². The normalized spacial score (nSPS) is 24.7. The van der Waals surface area contributed by atoms with Gasteiger partial charge < -0.3 is 14.8 Å². The Morgan fingerprint density at radius 2 is 1.92 bits per heavy atom. The number of rotatable bonds is 4. The van der Waals surface area contributed by atoms with Crippen molar-refractivity contribution in [1.82, 2.24) is 5.32 Å². The van der Waals surface area contributed by atoms with Crippen LogP contribution in [-0.4, -0.2) is 19.1 Å². The van der Waals surface area contributed by atoms with Crippen LogP contribution in [0.2, 0.25) is 0 Å². The van der Waals surface area contributed by atoms with Gasteiger partial charge in [-0.05, 0) is 49.8 Å². The van der Waals surface area contributed by atoms with E-state index in [2.05, 4.69) is 39.1 Å². The number of benzene rings is 1. The zero-order valence-corrected chi connectivity index (χ0v) is 15.9. The molecule has 1 aliphatic carbocycles. The molecule has 1 heterocycles. The summed E-state index contributed by atoms with van der Waals surface area (Å²) >= 11 is 0. The van der Waals surface area contributed by atoms with Crippen molar-refractivity contribution in [3.05, 3.63) is 35.4 Å². The van der Waals surface area contributed by atoms with Gasteiger partial charge >= 0.3 is 0 Å². The van der Waals surface area contributed by atoms with Gasteiger partial charge in [-0.2, -0.15) is 0 Å². The van der Waals surface area contributed by atoms with Crippen LogP contribution in [0.3, 0.4) is 0 Å². The third-order valence-electron chi connectivity index (χ3n) is 5.34. The number of nitrogens with one attached hydrogen (secondary N) is 1. The molecule has 4 nitrogen and oxygen atoms in total. The van der Waals surface area contributed by atoms with E-state index >= 15 is 0 Å². The van der Waals surface area contributed by atoms with Crippen LogP contribution in [0.5, 0.6) is 11.5 Å². The zero-order chi connectivity index (χ0) is 18.2. The van der Waals surface area contributed by atoms with Gasteiger partial charge in [0.05, 0.1) is 25.2 Å². The Morgan fingerprint density at radius 1 is 1.24 bits per heavy atom. The number of fused-ring (bicyclic) bond motifs is 1. The quantitative estimate of drug-likeness (QED) is 0.831. The van der Waals surface area contributed by atoms with Gasteiger partial charge in [0.25, 0.3) is 0 Å². The number of carbonyl (C=O) groups is 1. The van der Waals surface area contributed by atoms with Crippen LogP contribution < -0.4 is 14.8 Å². The molecule has 1 aromatic rings. The highest BCUT2D eigenvalue weighted by atomic mass is 16.5. The van der Waals surface area contributed by atoms with E-state index in [1.165, 1.54) is 5.57 Å². The highest BCUT2D eigenvalue weighted by Crippen LogP contribution is 2.59. The molecule has 0 bridgehead atoms. The Labute approximate surface area is 150 Å². The summed E-state index contributed by atoms with van der Waals surface area (Å²) in [5, 5.41) is 3.17. The van der Waals surface area contributed by atoms with Gasteiger partial charge in [-0.15, -0.1) is 0 Å². The fraction of sp³-hybridized carbons (Fsp3) is 0.571. The predicted octanol–water partition coefficient (Wildman–Crippen LogP) is 4.26. The van der Waals surface area contributed by atoms with E-state index in [-0.39, 0.29) is 23.3 Å². The molecule has 1 amide bonds. The minimum Gasteiger partial charge on any atom is -0.490 e. The molecule has 0 saturated heterocycles. The molecule has 1 aromatic carbocycles. The molecule has 3 rings (SSSR count). The lowest BCUT2D eigenvalue weighted by Gasteiger charge is -2.17. The Kier molecular flexibility index (Phi) is 4.81. The van der Waals surface area contributed by atoms with Gasteiger partial charge in [0.1, 0.15) is 0 Å². The summed E-state index contributed by atoms with van der Waals surface area (Å²) in [6.45, 7) is 11.9. The maximum Gasteiger partial charge on any atom is 0.224 e. The fourth-order valence-electron chi connectivity index (χ4n) is 3.68. The van der Waals surface area contributed by atoms with E-state index < -0.39 is 0 Å². The summed E-state index contributed by atoms with van der Waals surface area (Å²) in [7, 11) is 0. The molecular weight excluding hydrogens is 314 g/mol. The van der Waals surface area contributed by atoms with E-state index in [9.17, 15) is 4.79 Å². The molecule has 1 aliphatic heterocycles. The number of amides is 1. The monoisotopic (exact) mass is 343 g/mol. The Morgan fingerprint density at radius 3 is 2.60 bits per heavy atom. The molecule has 3 atom stereocenters. The molecular formula is C21H29NO3. The third kappa shape index (κ3) is 3.68. The minimum absolute atomic E-state index is 0.0335. The maximum atomic E-state index is 12.7. The number of hydrogen-bond acceptors (Lipinski definition) is 3. The van der Waals surface area contributed by atoms with Crippen LogP contribution >= 0.6 is 0 Å². The third-order valence-corrected chi connectivity index (χ3v) is 5.34. The molecule has 4 heteroatoms. The Hall–Kier alpha value is -1.97. The van der Waals surface area contributed by atoms with Gasteiger partial charge in [-0.25, -0.2) is 0 Å². The van der Waals surface area contributed by atoms with E-state index in [4.69, 9.17) is 9.47 Å². The zero-order valence-electron chi connectivity index (χ0n) is 15.9. The molecule has 3 unspecified atom stereocenters. The molecule has 0 spiro atoms. The van der Waals surface area contributed by atoms with Crippen LogP contribution in [0.15, 0.2) is 29.8 Å². The molecule has 136 valence electrons. The topological polar surface area (TPSA) is 47.6 Å². The van der Waals surface area contributed by atoms with Crippen molar-refractivity contribution in [2.75, 3.05) is 13.2 Å². The van der Waals surface area contributed by atoms with Crippen molar-refractivity contribution >= 4 is 5.91 Å². The SMILES string of the molecule is CC(C)=CC1C(C(=O)NC(C)c2ccc3c(c2)OCCCO3)C1(C)C. The molecule has 1 fully saturated rings. The molecule has 25 heavy (non-hydrogen) atoms. The second-order valence-corrected chi connectivity index (χ2v) is 8.06. The first-order valence-electron chi connectivity index (χ1n) is 9.15. The number of allylic oxidation sites excluding steroid dienone is 2. The average Bonchev–Trinajstić information content (AvgIpc) is 3.16. The highest BCUT2D eigenvalue weighted by Gasteiger charge is 2.60. The van der Waals surface area contributed by atoms with Crippen molar-refractivity contribution in [1.29, 1.82) is 0 Å². The second-order valence-electron chi connectivity index (χ2n) is 8.06. The van der Waals surface area contributed by atoms with Crippen molar-refractivity contribution < 1.29 is 14.3 Å². The Balaban J connectivity index is 1.68. The first kappa shape index (κ1) is 17.8. The molecule has 1 saturated carbocycles. The van der Waals surface area contributed by atoms with Crippen LogP contribution in [0, 0.1) is 17.3 Å². The summed E-state index contributed by atoms with van der Waals surface area (Å²) in [4.78, 5) is 12.7. The lowest BCUT2D eigenvalue weighted by Crippen LogP contribution is -2.29. The smallest absolute Gasteiger partial charge is 0.224 e. The average molecular weight is 343 g/mol. The van der Waals surface area contributed by atoms with Crippen LogP contribution in [0.4, 0.5) is 0 Å². The summed E-state index contributed by atoms with van der Waals surface area (Å²) in [6.07, 6.45) is 3.11. The predicted molar refractivity (Wildman–Crippen MR) is 98.8 cm³/mol. The molecule has 1 N–H and O–H groups in total. The Bertz CT molecular complexity index is 688. The minimum atomic E-state index is -0.0617. The lowest BCUT2D eigenvalue weighted by molar-refractivity contribution is -0.123. The summed E-state index contributed by atoms with van der Waals surface area (Å²) in [5.41, 5.74) is 2.34. The number of carbonyl (C=O) groups excluding carboxylic acids is 1. The number of hydrogen-bond donors (Lipinski definition) is 1. The molecule has 0 aromatic heterocycles. The summed E-state index contributed by atoms with van der Waals surface area (Å²) < 4.78 is 11.4. The van der Waals surface area contributed by atoms with Crippen molar-refractivity contribution in [3.63, 3.8) is 0 Å². The van der Waals surface area contributed by atoms with E-state index in [1.807, 2.05) is 25.1 Å². The fourth-order valence-corrected chi connectivity index (χ4v) is 3.68. The first-order valence-corrected chi connectivity index (χ1v) is 9.15. The highest BCUT2D eigenvalue weighted by molar-refractivity contribution is 5.84. The largest absolute Gasteiger partial charge is 0.490 e. The van der Waals surface area contributed by atoms with Gasteiger partial charge in [-0.1, -0.05) is 31.6 Å². The van der Waals surface area contributed by atoms with E-state index in [0.29, 0.717) is 19.1 Å². The number of ether oxygens (including phenoxy) is 2. The van der Waals surface area contributed by atoms with Crippen molar-refractivity contribution in [2.24, 2.45) is 17.3 Å². The molecule has 2 aliphatic rings. The van der Waals surface area contributed by atoms with Gasteiger partial charge in [0.15, 0.2) is 11.5 Å².